The molecule has 1 aromatic carbocycles. The predicted octanol–water partition coefficient (Wildman–Crippen LogP) is 3.13. The average molecular weight is 456 g/mol. The molecule has 3 heterocycles. The number of fused-ring (bicyclic) bond motifs is 1. The Labute approximate surface area is 187 Å². The van der Waals surface area contributed by atoms with Crippen LogP contribution in [0, 0.1) is 5.82 Å². The fraction of sp³-hybridized carbons (Fsp3) is 0.348. The number of aromatic nitrogens is 1. The highest BCUT2D eigenvalue weighted by Gasteiger charge is 2.29. The summed E-state index contributed by atoms with van der Waals surface area (Å²) >= 11 is 1.56. The highest BCUT2D eigenvalue weighted by atomic mass is 32.1. The quantitative estimate of drug-likeness (QED) is 0.639. The van der Waals surface area contributed by atoms with Gasteiger partial charge in [-0.25, -0.2) is 9.18 Å². The zero-order valence-corrected chi connectivity index (χ0v) is 18.1. The summed E-state index contributed by atoms with van der Waals surface area (Å²) in [7, 11) is 0. The van der Waals surface area contributed by atoms with Crippen molar-refractivity contribution < 1.29 is 19.1 Å². The number of aromatic carboxylic acids is 1. The number of halogens is 1. The maximum Gasteiger partial charge on any atom is 0.341 e. The second-order valence-corrected chi connectivity index (χ2v) is 9.09. The lowest BCUT2D eigenvalue weighted by Gasteiger charge is -2.36. The maximum atomic E-state index is 15.1. The molecule has 5 rings (SSSR count). The second kappa shape index (κ2) is 8.05. The number of benzene rings is 1. The highest BCUT2D eigenvalue weighted by Crippen LogP contribution is 2.38. The molecule has 0 atom stereocenters. The monoisotopic (exact) mass is 455 g/mol. The lowest BCUT2D eigenvalue weighted by atomic mass is 10.1. The molecule has 3 aromatic rings. The number of pyridine rings is 1. The number of rotatable bonds is 5. The van der Waals surface area contributed by atoms with E-state index in [2.05, 4.69) is 0 Å². The number of amides is 1. The van der Waals surface area contributed by atoms with Gasteiger partial charge in [-0.2, -0.15) is 11.3 Å². The van der Waals surface area contributed by atoms with E-state index in [1.54, 1.807) is 26.9 Å². The van der Waals surface area contributed by atoms with E-state index in [0.29, 0.717) is 43.8 Å². The van der Waals surface area contributed by atoms with E-state index in [1.165, 1.54) is 6.20 Å². The number of anilines is 1. The van der Waals surface area contributed by atoms with Crippen LogP contribution in [0.3, 0.4) is 0 Å². The molecule has 2 aromatic heterocycles. The van der Waals surface area contributed by atoms with Gasteiger partial charge in [0.1, 0.15) is 11.4 Å². The number of piperazine rings is 1. The van der Waals surface area contributed by atoms with Crippen LogP contribution in [0.5, 0.6) is 0 Å². The van der Waals surface area contributed by atoms with Gasteiger partial charge in [-0.3, -0.25) is 9.59 Å². The standard InChI is InChI=1S/C23H22FN3O4S/c24-18-10-16-19(27(15-1-2-15)12-17(22(16)29)23(30)31)11-20(18)25-4-6-26(7-5-25)21(28)9-14-3-8-32-13-14/h3,8,10-13,15H,1-2,4-7,9H2,(H,30,31). The largest absolute Gasteiger partial charge is 0.477 e. The van der Waals surface area contributed by atoms with Crippen LogP contribution in [0.15, 0.2) is 40.0 Å². The summed E-state index contributed by atoms with van der Waals surface area (Å²) in [6.45, 7) is 1.96. The zero-order chi connectivity index (χ0) is 22.4. The average Bonchev–Trinajstić information content (AvgIpc) is 3.50. The van der Waals surface area contributed by atoms with Gasteiger partial charge in [0.05, 0.1) is 17.6 Å². The lowest BCUT2D eigenvalue weighted by Crippen LogP contribution is -2.49. The second-order valence-electron chi connectivity index (χ2n) is 8.31. The summed E-state index contributed by atoms with van der Waals surface area (Å²) in [5, 5.41) is 13.4. The first-order valence-electron chi connectivity index (χ1n) is 10.6. The maximum absolute atomic E-state index is 15.1. The van der Waals surface area contributed by atoms with Crippen LogP contribution in [0.2, 0.25) is 0 Å². The number of carbonyl (C=O) groups is 2. The van der Waals surface area contributed by atoms with Crippen molar-refractivity contribution in [3.63, 3.8) is 0 Å². The van der Waals surface area contributed by atoms with Gasteiger partial charge in [0.15, 0.2) is 0 Å². The van der Waals surface area contributed by atoms with Crippen molar-refractivity contribution in [1.82, 2.24) is 9.47 Å². The number of hydrogen-bond donors (Lipinski definition) is 1. The molecule has 166 valence electrons. The summed E-state index contributed by atoms with van der Waals surface area (Å²) in [6, 6.07) is 4.88. The SMILES string of the molecule is O=C(O)c1cn(C2CC2)c2cc(N3CCN(C(=O)Cc4ccsc4)CC3)c(F)cc2c1=O. The van der Waals surface area contributed by atoms with Crippen LogP contribution in [-0.4, -0.2) is 52.6 Å². The molecule has 2 fully saturated rings. The Morgan fingerprint density at radius 2 is 1.91 bits per heavy atom. The van der Waals surface area contributed by atoms with Crippen LogP contribution >= 0.6 is 11.3 Å². The van der Waals surface area contributed by atoms with Crippen molar-refractivity contribution in [1.29, 1.82) is 0 Å². The van der Waals surface area contributed by atoms with Crippen LogP contribution < -0.4 is 10.3 Å². The first-order valence-corrected chi connectivity index (χ1v) is 11.5. The third-order valence-corrected chi connectivity index (χ3v) is 6.91. The van der Waals surface area contributed by atoms with E-state index in [1.807, 2.05) is 21.7 Å². The molecule has 1 aliphatic carbocycles. The third-order valence-electron chi connectivity index (χ3n) is 6.18. The normalized spacial score (nSPS) is 16.5. The Morgan fingerprint density at radius 3 is 2.53 bits per heavy atom. The van der Waals surface area contributed by atoms with E-state index >= 15 is 4.39 Å². The van der Waals surface area contributed by atoms with E-state index in [9.17, 15) is 19.5 Å². The molecule has 2 aliphatic rings. The van der Waals surface area contributed by atoms with Crippen molar-refractivity contribution in [2.24, 2.45) is 0 Å². The number of nitrogens with zero attached hydrogens (tertiary/aromatic N) is 3. The zero-order valence-electron chi connectivity index (χ0n) is 17.3. The number of thiophene rings is 1. The van der Waals surface area contributed by atoms with E-state index < -0.39 is 17.2 Å². The number of carbonyl (C=O) groups excluding carboxylic acids is 1. The summed E-state index contributed by atoms with van der Waals surface area (Å²) in [5.41, 5.74) is 0.920. The third kappa shape index (κ3) is 3.77. The minimum atomic E-state index is -1.31. The van der Waals surface area contributed by atoms with Gasteiger partial charge in [0.2, 0.25) is 11.3 Å². The molecule has 7 nitrogen and oxygen atoms in total. The van der Waals surface area contributed by atoms with Crippen LogP contribution in [0.4, 0.5) is 10.1 Å². The fourth-order valence-electron chi connectivity index (χ4n) is 4.28. The van der Waals surface area contributed by atoms with E-state index in [0.717, 1.165) is 24.5 Å². The van der Waals surface area contributed by atoms with E-state index in [4.69, 9.17) is 0 Å². The topological polar surface area (TPSA) is 82.8 Å². The summed E-state index contributed by atoms with van der Waals surface area (Å²) in [5.74, 6) is -1.80. The fourth-order valence-corrected chi connectivity index (χ4v) is 4.95. The molecule has 0 unspecified atom stereocenters. The number of hydrogen-bond acceptors (Lipinski definition) is 5. The number of carboxylic acids is 1. The van der Waals surface area contributed by atoms with Crippen molar-refractivity contribution in [2.45, 2.75) is 25.3 Å². The van der Waals surface area contributed by atoms with Gasteiger partial charge in [-0.05, 0) is 47.4 Å². The molecular formula is C23H22FN3O4S. The van der Waals surface area contributed by atoms with Gasteiger partial charge in [-0.15, -0.1) is 0 Å². The minimum absolute atomic E-state index is 0.0609. The van der Waals surface area contributed by atoms with E-state index in [-0.39, 0.29) is 22.9 Å². The first-order chi connectivity index (χ1) is 15.4. The molecule has 1 saturated heterocycles. The summed E-state index contributed by atoms with van der Waals surface area (Å²) in [4.78, 5) is 40.4. The van der Waals surface area contributed by atoms with Crippen molar-refractivity contribution in [3.8, 4) is 0 Å². The molecule has 1 saturated carbocycles. The molecule has 0 radical (unpaired) electrons. The molecule has 1 amide bonds. The van der Waals surface area contributed by atoms with Gasteiger partial charge in [0, 0.05) is 43.8 Å². The van der Waals surface area contributed by atoms with Gasteiger partial charge in [-0.1, -0.05) is 0 Å². The summed E-state index contributed by atoms with van der Waals surface area (Å²) < 4.78 is 16.9. The molecule has 0 spiro atoms. The van der Waals surface area contributed by atoms with Crippen molar-refractivity contribution in [3.05, 3.63) is 62.3 Å². The Morgan fingerprint density at radius 1 is 1.16 bits per heavy atom. The van der Waals surface area contributed by atoms with Gasteiger partial charge >= 0.3 is 5.97 Å². The Bertz CT molecular complexity index is 1260. The van der Waals surface area contributed by atoms with Crippen LogP contribution in [0.1, 0.15) is 34.8 Å². The van der Waals surface area contributed by atoms with Gasteiger partial charge < -0.3 is 19.5 Å². The minimum Gasteiger partial charge on any atom is -0.477 e. The summed E-state index contributed by atoms with van der Waals surface area (Å²) in [6.07, 6.45) is 3.55. The highest BCUT2D eigenvalue weighted by molar-refractivity contribution is 7.08. The molecular weight excluding hydrogens is 433 g/mol. The van der Waals surface area contributed by atoms with Crippen LogP contribution in [-0.2, 0) is 11.2 Å². The van der Waals surface area contributed by atoms with Crippen molar-refractivity contribution in [2.75, 3.05) is 31.1 Å². The lowest BCUT2D eigenvalue weighted by molar-refractivity contribution is -0.130. The predicted molar refractivity (Wildman–Crippen MR) is 120 cm³/mol. The molecule has 1 N–H and O–H groups in total. The first kappa shape index (κ1) is 20.7. The Hall–Kier alpha value is -3.20. The van der Waals surface area contributed by atoms with Gasteiger partial charge in [0.25, 0.3) is 0 Å². The molecule has 9 heteroatoms. The Kier molecular flexibility index (Phi) is 5.21. The molecule has 1 aliphatic heterocycles. The Balaban J connectivity index is 1.41. The van der Waals surface area contributed by atoms with Crippen LogP contribution in [0.25, 0.3) is 10.9 Å². The number of carboxylic acid groups (broad SMARTS) is 1. The van der Waals surface area contributed by atoms with Crippen molar-refractivity contribution >= 4 is 39.8 Å². The smallest absolute Gasteiger partial charge is 0.341 e. The molecule has 0 bridgehead atoms. The molecule has 32 heavy (non-hydrogen) atoms.